The Labute approximate surface area is 779 Å². The summed E-state index contributed by atoms with van der Waals surface area (Å²) in [6.07, 6.45) is -38.3. The van der Waals surface area contributed by atoms with Crippen molar-refractivity contribution in [2.75, 3.05) is 46.2 Å². The number of rotatable bonds is 63. The predicted molar refractivity (Wildman–Crippen MR) is 461 cm³/mol. The minimum Gasteiger partial charge on any atom is -0.477 e. The van der Waals surface area contributed by atoms with Crippen molar-refractivity contribution in [3.8, 4) is 0 Å². The molecule has 134 heavy (non-hydrogen) atoms. The number of hydrogen-bond acceptors (Lipinski definition) is 39. The number of aliphatic hydroxyl groups excluding tert-OH is 19. The second kappa shape index (κ2) is 58.2. The van der Waals surface area contributed by atoms with E-state index in [1.807, 2.05) is 0 Å². The highest BCUT2D eigenvalue weighted by atomic mass is 16.8. The van der Waals surface area contributed by atoms with Crippen LogP contribution in [0.4, 0.5) is 0 Å². The molecular formula is C88H154N4O42. The lowest BCUT2D eigenvalue weighted by Crippen LogP contribution is -2.72. The van der Waals surface area contributed by atoms with E-state index in [2.05, 4.69) is 35.1 Å². The number of unbranched alkanes of at least 4 members (excludes halogenated alkanes) is 24. The molecule has 6 heterocycles. The molecule has 0 radical (unpaired) electrons. The number of hydrogen-bond donors (Lipinski definition) is 26. The zero-order valence-electron chi connectivity index (χ0n) is 77.6. The van der Waals surface area contributed by atoms with Gasteiger partial charge in [-0.1, -0.05) is 174 Å². The highest BCUT2D eigenvalue weighted by Crippen LogP contribution is 2.45. The Balaban J connectivity index is 1.32. The number of carbonyl (C=O) groups excluding carboxylic acids is 5. The average molecular weight is 1940 g/mol. The molecule has 6 fully saturated rings. The van der Waals surface area contributed by atoms with Gasteiger partial charge in [0.2, 0.25) is 23.6 Å². The van der Waals surface area contributed by atoms with Crippen LogP contribution in [0, 0.1) is 5.92 Å². The summed E-state index contributed by atoms with van der Waals surface area (Å²) >= 11 is 0. The molecule has 778 valence electrons. The number of carbonyl (C=O) groups is 8. The lowest BCUT2D eigenvalue weighted by Gasteiger charge is -2.53. The molecule has 26 N–H and O–H groups in total. The number of nitrogens with one attached hydrogen (secondary N) is 4. The molecule has 0 aromatic rings. The van der Waals surface area contributed by atoms with Crippen molar-refractivity contribution >= 4 is 47.3 Å². The van der Waals surface area contributed by atoms with Crippen LogP contribution >= 0.6 is 0 Å². The van der Waals surface area contributed by atoms with Crippen molar-refractivity contribution in [1.29, 1.82) is 0 Å². The molecule has 46 nitrogen and oxygen atoms in total. The Morgan fingerprint density at radius 1 is 0.396 bits per heavy atom. The van der Waals surface area contributed by atoms with Crippen LogP contribution in [0.3, 0.4) is 0 Å². The van der Waals surface area contributed by atoms with Crippen molar-refractivity contribution in [1.82, 2.24) is 21.3 Å². The Morgan fingerprint density at radius 2 is 0.769 bits per heavy atom. The summed E-state index contributed by atoms with van der Waals surface area (Å²) in [5.74, 6) is -23.5. The number of Topliss-reactive ketones (excluding diaryl/α,β-unsaturated/α-hetero) is 1. The SMILES string of the molecule is CCCCCCCCCCCCCCCC(=O)N[C@@H](CO[C@@H]1O[C@H](CO)[C@@H](O[C@@H]2O[C@H](CO)[C@H](O[C@@H]3O[C@H](CO)[C@H](O)[C@H](O)[C@H]3CC(C)=O)[C@H](O[C@]3(C(=O)O)C[C@H](O)[C@@H](NC(C)=O)C([C@H](O)[C@@H](CO)O[C@]4(C(=O)O)C[C@H](O)[C@@H](NC(C)=O)C([C@H](O)[C@@H](CO)O[C@]5(C(=O)O)C[C@H](O)[C@@H](NC(C)=O)C([C@H](O)[C@H](O)CO)O5)O4)O3)[C@H]2O)[C@H](O)[C@H]1O)[C@H](O)CCCCCCCCCCCCCCC. The second-order valence-electron chi connectivity index (χ2n) is 36.4. The molecule has 46 heteroatoms. The van der Waals surface area contributed by atoms with Crippen LogP contribution in [0.25, 0.3) is 0 Å². The van der Waals surface area contributed by atoms with Gasteiger partial charge in [-0.25, -0.2) is 14.4 Å². The van der Waals surface area contributed by atoms with E-state index in [4.69, 9.17) is 56.8 Å². The first-order valence-electron chi connectivity index (χ1n) is 47.4. The van der Waals surface area contributed by atoms with Gasteiger partial charge >= 0.3 is 17.9 Å². The molecule has 6 aliphatic rings. The molecule has 0 aromatic carbocycles. The maximum absolute atomic E-state index is 14.4. The highest BCUT2D eigenvalue weighted by molar-refractivity contribution is 5.79. The summed E-state index contributed by atoms with van der Waals surface area (Å²) in [5, 5.41) is 261. The van der Waals surface area contributed by atoms with E-state index in [0.717, 1.165) is 98.3 Å². The standard InChI is InChI=1S/C88H154N4O42/c1-7-9-11-13-15-17-19-21-23-25-27-29-31-33-52(103)51(92-62(108)34-32-30-28-26-24-22-20-18-16-14-12-10-8-2)45-123-81-72(115)71(114)74(60(43-97)125-81)127-82-73(116)79(75(61(44-98)126-82)128-80-50(35-46(3)99)66(109)68(111)57(40-94)124-80)134-88(85(121)122)38-55(106)65(91-49(6)102)78(133-88)70(113)59(42-96)130-87(84(119)120)37-54(105)64(90-48(5)101)77(132-87)69(112)58(41-95)129-86(83(117)118)36-53(104)63(89-47(4)100)76(131-86)67(110)56(107)39-93/h50-61,63-82,93-98,103-107,109-116H,7-45H2,1-6H3,(H,89,100)(H,90,101)(H,91,102)(H,92,108)(H,117,118)(H,119,120)(H,121,122)/t50-,51+,52-,53+,54+,55+,56-,57-,58-,59-,60-,61-,63-,64-,65-,66-,67-,68+,69-,70-,71-,72-,73-,74-,75+,76?,77?,78?,79-,80+,81-,82+,86-,87-,88+/m1/s1. The van der Waals surface area contributed by atoms with Crippen LogP contribution in [0.1, 0.15) is 247 Å². The number of ketones is 1. The molecule has 6 rings (SSSR count). The predicted octanol–water partition coefficient (Wildman–Crippen LogP) is -3.98. The highest BCUT2D eigenvalue weighted by Gasteiger charge is 2.65. The van der Waals surface area contributed by atoms with Gasteiger partial charge in [0.25, 0.3) is 17.4 Å². The summed E-state index contributed by atoms with van der Waals surface area (Å²) < 4.78 is 72.0. The van der Waals surface area contributed by atoms with Gasteiger partial charge in [0.15, 0.2) is 18.9 Å². The zero-order chi connectivity index (χ0) is 99.5. The summed E-state index contributed by atoms with van der Waals surface area (Å²) in [6.45, 7) is -0.534. The third-order valence-electron chi connectivity index (χ3n) is 25.6. The number of amides is 4. The largest absolute Gasteiger partial charge is 0.477 e. The Morgan fingerprint density at radius 3 is 1.16 bits per heavy atom. The van der Waals surface area contributed by atoms with Gasteiger partial charge in [-0.2, -0.15) is 0 Å². The maximum atomic E-state index is 14.4. The van der Waals surface area contributed by atoms with E-state index in [1.54, 1.807) is 0 Å². The normalized spacial score (nSPS) is 34.3. The van der Waals surface area contributed by atoms with Crippen LogP contribution in [0.5, 0.6) is 0 Å². The van der Waals surface area contributed by atoms with Crippen molar-refractivity contribution in [2.24, 2.45) is 5.92 Å². The van der Waals surface area contributed by atoms with Crippen molar-refractivity contribution in [2.45, 2.75) is 454 Å². The van der Waals surface area contributed by atoms with Crippen molar-refractivity contribution in [3.05, 3.63) is 0 Å². The van der Waals surface area contributed by atoms with Gasteiger partial charge in [0.1, 0.15) is 122 Å². The van der Waals surface area contributed by atoms with Gasteiger partial charge in [-0.15, -0.1) is 0 Å². The minimum atomic E-state index is -3.70. The van der Waals surface area contributed by atoms with Crippen LogP contribution in [0.2, 0.25) is 0 Å². The summed E-state index contributed by atoms with van der Waals surface area (Å²) in [7, 11) is 0. The van der Waals surface area contributed by atoms with E-state index < -0.39 is 332 Å². The quantitative estimate of drug-likeness (QED) is 0.0258. The maximum Gasteiger partial charge on any atom is 0.364 e. The van der Waals surface area contributed by atoms with Crippen LogP contribution in [-0.2, 0) is 95.2 Å². The molecule has 6 aliphatic heterocycles. The molecular weight excluding hydrogens is 1780 g/mol. The van der Waals surface area contributed by atoms with Gasteiger partial charge in [0, 0.05) is 58.8 Å². The average Bonchev–Trinajstić information content (AvgIpc) is 0.743. The van der Waals surface area contributed by atoms with E-state index >= 15 is 0 Å². The molecule has 0 bridgehead atoms. The first-order valence-corrected chi connectivity index (χ1v) is 47.4. The number of ether oxygens (including phenoxy) is 12. The summed E-state index contributed by atoms with van der Waals surface area (Å²) in [6, 6.07) is -7.19. The number of aliphatic hydroxyl groups is 19. The number of aliphatic carboxylic acids is 3. The third kappa shape index (κ3) is 33.4. The van der Waals surface area contributed by atoms with Gasteiger partial charge < -0.3 is 195 Å². The number of carboxylic acids is 3. The van der Waals surface area contributed by atoms with E-state index in [0.29, 0.717) is 12.8 Å². The smallest absolute Gasteiger partial charge is 0.364 e. The summed E-state index contributed by atoms with van der Waals surface area (Å²) in [4.78, 5) is 107. The van der Waals surface area contributed by atoms with Crippen LogP contribution < -0.4 is 21.3 Å². The monoisotopic (exact) mass is 1940 g/mol. The second-order valence-corrected chi connectivity index (χ2v) is 36.4. The molecule has 0 saturated carbocycles. The molecule has 0 spiro atoms. The number of carboxylic acid groups (broad SMARTS) is 3. The molecule has 3 unspecified atom stereocenters. The Bertz CT molecular complexity index is 3480. The van der Waals surface area contributed by atoms with E-state index in [1.165, 1.54) is 83.5 Å². The van der Waals surface area contributed by atoms with Gasteiger partial charge in [0.05, 0.1) is 101 Å². The lowest BCUT2D eigenvalue weighted by molar-refractivity contribution is -0.404. The molecule has 4 amide bonds. The molecule has 0 aromatic heterocycles. The molecule has 6 saturated heterocycles. The fourth-order valence-electron chi connectivity index (χ4n) is 18.2. The molecule has 35 atom stereocenters. The van der Waals surface area contributed by atoms with Crippen molar-refractivity contribution < 1.29 is 208 Å². The first kappa shape index (κ1) is 117. The van der Waals surface area contributed by atoms with Crippen LogP contribution in [-0.4, -0.2) is 413 Å². The summed E-state index contributed by atoms with van der Waals surface area (Å²) in [5.41, 5.74) is 0. The van der Waals surface area contributed by atoms with Crippen molar-refractivity contribution in [3.63, 3.8) is 0 Å². The lowest BCUT2D eigenvalue weighted by atomic mass is 9.86. The Kier molecular flexibility index (Phi) is 51.0. The van der Waals surface area contributed by atoms with Crippen LogP contribution in [0.15, 0.2) is 0 Å². The first-order chi connectivity index (χ1) is 63.6. The third-order valence-corrected chi connectivity index (χ3v) is 25.6. The Hall–Kier alpha value is -5.28. The zero-order valence-corrected chi connectivity index (χ0v) is 77.6. The molecule has 0 aliphatic carbocycles. The van der Waals surface area contributed by atoms with E-state index in [9.17, 15) is 151 Å². The van der Waals surface area contributed by atoms with Gasteiger partial charge in [-0.05, 0) is 19.8 Å². The topological polar surface area (TPSA) is 741 Å². The fourth-order valence-corrected chi connectivity index (χ4v) is 18.2. The minimum absolute atomic E-state index is 0.106. The van der Waals surface area contributed by atoms with Gasteiger partial charge in [-0.3, -0.25) is 19.2 Å². The van der Waals surface area contributed by atoms with E-state index in [-0.39, 0.29) is 12.8 Å². The fraction of sp³-hybridized carbons (Fsp3) is 0.909.